The van der Waals surface area contributed by atoms with Crippen LogP contribution in [0.25, 0.3) is 0 Å². The van der Waals surface area contributed by atoms with Crippen LogP contribution in [-0.4, -0.2) is 23.7 Å². The smallest absolute Gasteiger partial charge is 0.248 e. The number of amides is 1. The SMILES string of the molecule is O=C(NCCc1ccc(F)cc1)C(O)CCC12CC3CC(CC(C3)C1)C2. The molecule has 2 N–H and O–H groups in total. The average Bonchev–Trinajstić information content (AvgIpc) is 2.60. The van der Waals surface area contributed by atoms with Crippen molar-refractivity contribution >= 4 is 5.91 Å². The maximum absolute atomic E-state index is 12.9. The minimum absolute atomic E-state index is 0.252. The van der Waals surface area contributed by atoms with Crippen LogP contribution in [0.4, 0.5) is 4.39 Å². The summed E-state index contributed by atoms with van der Waals surface area (Å²) < 4.78 is 12.9. The second kappa shape index (κ2) is 7.30. The van der Waals surface area contributed by atoms with Crippen molar-refractivity contribution in [3.05, 3.63) is 35.6 Å². The highest BCUT2D eigenvalue weighted by Gasteiger charge is 2.50. The van der Waals surface area contributed by atoms with E-state index >= 15 is 0 Å². The second-order valence-electron chi connectivity index (χ2n) is 9.14. The number of carbonyl (C=O) groups excluding carboxylic acids is 1. The van der Waals surface area contributed by atoms with Crippen LogP contribution in [0, 0.1) is 29.0 Å². The lowest BCUT2D eigenvalue weighted by Crippen LogP contribution is -2.46. The Morgan fingerprint density at radius 2 is 1.69 bits per heavy atom. The maximum atomic E-state index is 12.9. The summed E-state index contributed by atoms with van der Waals surface area (Å²) in [6.07, 6.45) is 9.53. The summed E-state index contributed by atoms with van der Waals surface area (Å²) in [7, 11) is 0. The number of aliphatic hydroxyl groups excluding tert-OH is 1. The quantitative estimate of drug-likeness (QED) is 0.777. The van der Waals surface area contributed by atoms with Gasteiger partial charge in [0.15, 0.2) is 0 Å². The highest BCUT2D eigenvalue weighted by Crippen LogP contribution is 2.61. The van der Waals surface area contributed by atoms with Crippen molar-refractivity contribution in [1.82, 2.24) is 5.32 Å². The Bertz CT molecular complexity index is 607. The van der Waals surface area contributed by atoms with E-state index in [4.69, 9.17) is 0 Å². The van der Waals surface area contributed by atoms with Crippen LogP contribution in [0.2, 0.25) is 0 Å². The Labute approximate surface area is 155 Å². The Morgan fingerprint density at radius 3 is 2.27 bits per heavy atom. The van der Waals surface area contributed by atoms with E-state index in [1.165, 1.54) is 50.7 Å². The van der Waals surface area contributed by atoms with Gasteiger partial charge in [0.1, 0.15) is 11.9 Å². The zero-order valence-corrected chi connectivity index (χ0v) is 15.4. The van der Waals surface area contributed by atoms with Gasteiger partial charge in [-0.15, -0.1) is 0 Å². The topological polar surface area (TPSA) is 49.3 Å². The van der Waals surface area contributed by atoms with E-state index < -0.39 is 6.10 Å². The Morgan fingerprint density at radius 1 is 1.12 bits per heavy atom. The normalized spacial score (nSPS) is 33.2. The first-order valence-electron chi connectivity index (χ1n) is 10.2. The number of carbonyl (C=O) groups is 1. The van der Waals surface area contributed by atoms with Crippen LogP contribution in [0.3, 0.4) is 0 Å². The molecule has 3 nitrogen and oxygen atoms in total. The third-order valence-electron chi connectivity index (χ3n) is 7.04. The number of aliphatic hydroxyl groups is 1. The minimum Gasteiger partial charge on any atom is -0.383 e. The van der Waals surface area contributed by atoms with Crippen molar-refractivity contribution in [1.29, 1.82) is 0 Å². The third kappa shape index (κ3) is 3.95. The first kappa shape index (κ1) is 18.0. The van der Waals surface area contributed by atoms with Crippen LogP contribution in [0.1, 0.15) is 56.9 Å². The third-order valence-corrected chi connectivity index (χ3v) is 7.04. The van der Waals surface area contributed by atoms with Gasteiger partial charge in [0.05, 0.1) is 0 Å². The van der Waals surface area contributed by atoms with Crippen molar-refractivity contribution in [2.45, 2.75) is 63.9 Å². The fraction of sp³-hybridized carbons (Fsp3) is 0.682. The molecule has 4 heteroatoms. The molecule has 0 radical (unpaired) electrons. The van der Waals surface area contributed by atoms with E-state index in [1.807, 2.05) is 0 Å². The summed E-state index contributed by atoms with van der Waals surface area (Å²) in [5.41, 5.74) is 1.39. The van der Waals surface area contributed by atoms with Crippen molar-refractivity contribution in [2.75, 3.05) is 6.54 Å². The lowest BCUT2D eigenvalue weighted by Gasteiger charge is -2.57. The molecule has 4 aliphatic rings. The molecule has 1 amide bonds. The van der Waals surface area contributed by atoms with Crippen molar-refractivity contribution in [3.8, 4) is 0 Å². The summed E-state index contributed by atoms with van der Waals surface area (Å²) in [5.74, 6) is 2.20. The Balaban J connectivity index is 1.21. The number of hydrogen-bond acceptors (Lipinski definition) is 2. The van der Waals surface area contributed by atoms with Gasteiger partial charge in [0.2, 0.25) is 5.91 Å². The fourth-order valence-electron chi connectivity index (χ4n) is 6.27. The van der Waals surface area contributed by atoms with Crippen molar-refractivity contribution < 1.29 is 14.3 Å². The number of halogens is 1. The molecule has 1 unspecified atom stereocenters. The molecule has 4 aliphatic carbocycles. The van der Waals surface area contributed by atoms with Crippen molar-refractivity contribution in [2.24, 2.45) is 23.2 Å². The summed E-state index contributed by atoms with van der Waals surface area (Å²) in [5, 5.41) is 13.1. The van der Waals surface area contributed by atoms with E-state index in [1.54, 1.807) is 12.1 Å². The Hall–Kier alpha value is -1.42. The van der Waals surface area contributed by atoms with Crippen molar-refractivity contribution in [3.63, 3.8) is 0 Å². The van der Waals surface area contributed by atoms with Gasteiger partial charge in [-0.2, -0.15) is 0 Å². The van der Waals surface area contributed by atoms with Gasteiger partial charge >= 0.3 is 0 Å². The highest BCUT2D eigenvalue weighted by molar-refractivity contribution is 5.80. The fourth-order valence-corrected chi connectivity index (χ4v) is 6.27. The van der Waals surface area contributed by atoms with Gasteiger partial charge < -0.3 is 10.4 Å². The van der Waals surface area contributed by atoms with Crippen LogP contribution < -0.4 is 5.32 Å². The maximum Gasteiger partial charge on any atom is 0.248 e. The van der Waals surface area contributed by atoms with E-state index in [9.17, 15) is 14.3 Å². The highest BCUT2D eigenvalue weighted by atomic mass is 19.1. The summed E-state index contributed by atoms with van der Waals surface area (Å²) in [6, 6.07) is 6.31. The molecule has 4 bridgehead atoms. The van der Waals surface area contributed by atoms with Gasteiger partial charge in [-0.3, -0.25) is 4.79 Å². The number of rotatable bonds is 7. The van der Waals surface area contributed by atoms with Crippen LogP contribution >= 0.6 is 0 Å². The molecule has 0 spiro atoms. The standard InChI is InChI=1S/C22H30FNO2/c23-19-3-1-15(2-4-19)6-8-24-21(26)20(25)5-7-22-12-16-9-17(13-22)11-18(10-16)14-22/h1-4,16-18,20,25H,5-14H2,(H,24,26). The first-order valence-corrected chi connectivity index (χ1v) is 10.2. The molecule has 0 heterocycles. The largest absolute Gasteiger partial charge is 0.383 e. The lowest BCUT2D eigenvalue weighted by atomic mass is 9.48. The monoisotopic (exact) mass is 359 g/mol. The van der Waals surface area contributed by atoms with Crippen LogP contribution in [-0.2, 0) is 11.2 Å². The first-order chi connectivity index (χ1) is 12.5. The number of nitrogens with one attached hydrogen (secondary N) is 1. The molecule has 1 aromatic rings. The van der Waals surface area contributed by atoms with Gasteiger partial charge in [0, 0.05) is 6.54 Å². The molecule has 142 valence electrons. The van der Waals surface area contributed by atoms with E-state index in [2.05, 4.69) is 5.32 Å². The van der Waals surface area contributed by atoms with E-state index in [0.29, 0.717) is 24.8 Å². The molecule has 5 rings (SSSR count). The second-order valence-corrected chi connectivity index (χ2v) is 9.14. The average molecular weight is 359 g/mol. The van der Waals surface area contributed by atoms with Gasteiger partial charge in [-0.05, 0) is 98.7 Å². The summed E-state index contributed by atoms with van der Waals surface area (Å²) >= 11 is 0. The zero-order valence-electron chi connectivity index (χ0n) is 15.4. The van der Waals surface area contributed by atoms with Crippen LogP contribution in [0.5, 0.6) is 0 Å². The van der Waals surface area contributed by atoms with Gasteiger partial charge in [-0.25, -0.2) is 4.39 Å². The molecular formula is C22H30FNO2. The molecule has 0 saturated heterocycles. The lowest BCUT2D eigenvalue weighted by molar-refractivity contribution is -0.130. The predicted molar refractivity (Wildman–Crippen MR) is 99.0 cm³/mol. The predicted octanol–water partition coefficient (Wildman–Crippen LogP) is 3.84. The van der Waals surface area contributed by atoms with E-state index in [-0.39, 0.29) is 11.7 Å². The minimum atomic E-state index is -0.906. The van der Waals surface area contributed by atoms with E-state index in [0.717, 1.165) is 29.7 Å². The number of benzene rings is 1. The molecule has 0 aliphatic heterocycles. The number of hydrogen-bond donors (Lipinski definition) is 2. The Kier molecular flexibility index (Phi) is 5.05. The van der Waals surface area contributed by atoms with Gasteiger partial charge in [-0.1, -0.05) is 12.1 Å². The molecule has 4 saturated carbocycles. The molecule has 26 heavy (non-hydrogen) atoms. The molecule has 4 fully saturated rings. The molecule has 1 atom stereocenters. The molecule has 0 aromatic heterocycles. The summed E-state index contributed by atoms with van der Waals surface area (Å²) in [6.45, 7) is 0.471. The zero-order chi connectivity index (χ0) is 18.1. The van der Waals surface area contributed by atoms with Gasteiger partial charge in [0.25, 0.3) is 0 Å². The van der Waals surface area contributed by atoms with Crippen LogP contribution in [0.15, 0.2) is 24.3 Å². The molecule has 1 aromatic carbocycles. The molecular weight excluding hydrogens is 329 g/mol. The summed E-state index contributed by atoms with van der Waals surface area (Å²) in [4.78, 5) is 12.2.